The average molecular weight is 635 g/mol. The summed E-state index contributed by atoms with van der Waals surface area (Å²) in [7, 11) is 0. The molecule has 250 valence electrons. The van der Waals surface area contributed by atoms with Crippen molar-refractivity contribution in [1.29, 1.82) is 0 Å². The molecule has 0 unspecified atom stereocenters. The predicted octanol–water partition coefficient (Wildman–Crippen LogP) is 14.2. The second-order valence-electron chi connectivity index (χ2n) is 10.9. The van der Waals surface area contributed by atoms with Gasteiger partial charge in [0.05, 0.1) is 5.41 Å². The van der Waals surface area contributed by atoms with Crippen molar-refractivity contribution in [2.45, 2.75) is 80.1 Å². The fourth-order valence-corrected chi connectivity index (χ4v) is 6.28. The Balaban J connectivity index is 0.000000299. The molecule has 0 nitrogen and oxygen atoms in total. The first kappa shape index (κ1) is 39.5. The Labute approximate surface area is 293 Å². The minimum atomic E-state index is -0.254. The molecule has 7 rings (SSSR count). The maximum Gasteiger partial charge on any atom is 0.0713 e. The predicted molar refractivity (Wildman–Crippen MR) is 214 cm³/mol. The first-order valence-corrected chi connectivity index (χ1v) is 18.0. The van der Waals surface area contributed by atoms with Crippen molar-refractivity contribution in [1.82, 2.24) is 0 Å². The molecule has 1 aliphatic rings. The van der Waals surface area contributed by atoms with Crippen LogP contribution in [0.1, 0.15) is 103 Å². The van der Waals surface area contributed by atoms with Crippen molar-refractivity contribution < 1.29 is 0 Å². The molecule has 1 aliphatic carbocycles. The Kier molecular flexibility index (Phi) is 16.9. The van der Waals surface area contributed by atoms with E-state index in [9.17, 15) is 0 Å². The molecular formula is C48H58. The molecule has 0 atom stereocenters. The van der Waals surface area contributed by atoms with E-state index in [1.807, 2.05) is 55.4 Å². The third-order valence-corrected chi connectivity index (χ3v) is 8.36. The highest BCUT2D eigenvalue weighted by Gasteiger charge is 2.45. The lowest BCUT2D eigenvalue weighted by molar-refractivity contribution is 0.641. The molecule has 0 aliphatic heterocycles. The topological polar surface area (TPSA) is 0 Å². The van der Waals surface area contributed by atoms with Gasteiger partial charge in [0.15, 0.2) is 0 Å². The molecule has 0 aromatic heterocycles. The van der Waals surface area contributed by atoms with Crippen LogP contribution < -0.4 is 0 Å². The van der Waals surface area contributed by atoms with Crippen molar-refractivity contribution >= 4 is 0 Å². The van der Waals surface area contributed by atoms with Gasteiger partial charge in [-0.05, 0) is 44.5 Å². The van der Waals surface area contributed by atoms with E-state index in [-0.39, 0.29) is 10.8 Å². The first-order valence-electron chi connectivity index (χ1n) is 18.0. The van der Waals surface area contributed by atoms with Crippen LogP contribution in [0, 0.1) is 0 Å². The van der Waals surface area contributed by atoms with Crippen LogP contribution in [-0.2, 0) is 10.8 Å². The van der Waals surface area contributed by atoms with E-state index >= 15 is 0 Å². The third-order valence-electron chi connectivity index (χ3n) is 8.36. The lowest BCUT2D eigenvalue weighted by atomic mass is 9.68. The summed E-state index contributed by atoms with van der Waals surface area (Å²) in [5, 5.41) is 0. The Bertz CT molecular complexity index is 1550. The molecule has 0 heterocycles. The zero-order valence-electron chi connectivity index (χ0n) is 31.2. The highest BCUT2D eigenvalue weighted by molar-refractivity contribution is 5.86. The highest BCUT2D eigenvalue weighted by atomic mass is 14.5. The van der Waals surface area contributed by atoms with Gasteiger partial charge in [-0.1, -0.05) is 239 Å². The summed E-state index contributed by atoms with van der Waals surface area (Å²) >= 11 is 0. The van der Waals surface area contributed by atoms with Gasteiger partial charge in [-0.3, -0.25) is 0 Å². The van der Waals surface area contributed by atoms with E-state index in [2.05, 4.69) is 184 Å². The Morgan fingerprint density at radius 1 is 0.312 bits per heavy atom. The van der Waals surface area contributed by atoms with Gasteiger partial charge in [0, 0.05) is 5.41 Å². The number of fused-ring (bicyclic) bond motifs is 3. The maximum atomic E-state index is 2.29. The molecule has 0 spiro atoms. The van der Waals surface area contributed by atoms with Crippen molar-refractivity contribution in [2.24, 2.45) is 0 Å². The van der Waals surface area contributed by atoms with Gasteiger partial charge < -0.3 is 0 Å². The molecule has 0 radical (unpaired) electrons. The quantitative estimate of drug-likeness (QED) is 0.181. The summed E-state index contributed by atoms with van der Waals surface area (Å²) in [6, 6.07) is 60.7. The second kappa shape index (κ2) is 20.5. The Morgan fingerprint density at radius 3 is 0.875 bits per heavy atom. The molecule has 0 heteroatoms. The summed E-state index contributed by atoms with van der Waals surface area (Å²) in [6.45, 7) is 20.5. The summed E-state index contributed by atoms with van der Waals surface area (Å²) in [6.07, 6.45) is 0. The number of hydrogen-bond acceptors (Lipinski definition) is 0. The SMILES string of the molecule is CC.CC.CC.CC.CC(C)(c1ccccc1)c1ccccc1.c1ccc(C2(c3ccccc3)c3ccccc3-c3ccccc32)cc1. The van der Waals surface area contributed by atoms with Crippen LogP contribution in [0.4, 0.5) is 0 Å². The normalized spacial score (nSPS) is 11.3. The highest BCUT2D eigenvalue weighted by Crippen LogP contribution is 2.55. The van der Waals surface area contributed by atoms with Crippen LogP contribution in [0.25, 0.3) is 11.1 Å². The number of benzene rings is 6. The smallest absolute Gasteiger partial charge is 0.0683 e. The largest absolute Gasteiger partial charge is 0.0713 e. The van der Waals surface area contributed by atoms with Crippen LogP contribution in [0.15, 0.2) is 170 Å². The molecule has 6 aromatic carbocycles. The summed E-state index contributed by atoms with van der Waals surface area (Å²) in [5.41, 5.74) is 10.6. The van der Waals surface area contributed by atoms with Crippen LogP contribution in [-0.4, -0.2) is 0 Å². The monoisotopic (exact) mass is 634 g/mol. The molecule has 0 saturated heterocycles. The van der Waals surface area contributed by atoms with E-state index in [0.717, 1.165) is 0 Å². The van der Waals surface area contributed by atoms with Crippen molar-refractivity contribution in [2.75, 3.05) is 0 Å². The lowest BCUT2D eigenvalue weighted by Crippen LogP contribution is -2.28. The minimum absolute atomic E-state index is 0.0858. The third kappa shape index (κ3) is 8.42. The molecule has 0 saturated carbocycles. The number of rotatable bonds is 4. The number of hydrogen-bond donors (Lipinski definition) is 0. The Morgan fingerprint density at radius 2 is 0.562 bits per heavy atom. The minimum Gasteiger partial charge on any atom is -0.0683 e. The van der Waals surface area contributed by atoms with Gasteiger partial charge in [0.1, 0.15) is 0 Å². The first-order chi connectivity index (χ1) is 23.6. The second-order valence-corrected chi connectivity index (χ2v) is 10.9. The molecule has 0 fully saturated rings. The van der Waals surface area contributed by atoms with Gasteiger partial charge in [-0.15, -0.1) is 0 Å². The van der Waals surface area contributed by atoms with E-state index in [1.165, 1.54) is 44.5 Å². The van der Waals surface area contributed by atoms with Gasteiger partial charge in [-0.2, -0.15) is 0 Å². The summed E-state index contributed by atoms with van der Waals surface area (Å²) in [5.74, 6) is 0. The molecule has 0 amide bonds. The maximum absolute atomic E-state index is 2.29. The van der Waals surface area contributed by atoms with Gasteiger partial charge in [0.2, 0.25) is 0 Å². The van der Waals surface area contributed by atoms with Crippen LogP contribution >= 0.6 is 0 Å². The van der Waals surface area contributed by atoms with Crippen LogP contribution in [0.3, 0.4) is 0 Å². The van der Waals surface area contributed by atoms with Crippen LogP contribution in [0.2, 0.25) is 0 Å². The van der Waals surface area contributed by atoms with E-state index in [1.54, 1.807) is 0 Å². The fraction of sp³-hybridized carbons (Fsp3) is 0.250. The Hall–Kier alpha value is -4.68. The van der Waals surface area contributed by atoms with Gasteiger partial charge in [0.25, 0.3) is 0 Å². The van der Waals surface area contributed by atoms with Gasteiger partial charge >= 0.3 is 0 Å². The summed E-state index contributed by atoms with van der Waals surface area (Å²) in [4.78, 5) is 0. The lowest BCUT2D eigenvalue weighted by Gasteiger charge is -2.33. The molecular weight excluding hydrogens is 577 g/mol. The average Bonchev–Trinajstić information content (AvgIpc) is 3.51. The van der Waals surface area contributed by atoms with Crippen molar-refractivity contribution in [3.05, 3.63) is 203 Å². The zero-order valence-corrected chi connectivity index (χ0v) is 31.2. The van der Waals surface area contributed by atoms with Crippen molar-refractivity contribution in [3.63, 3.8) is 0 Å². The molecule has 0 N–H and O–H groups in total. The molecule has 6 aromatic rings. The standard InChI is InChI=1S/C25H18.C15H16.4C2H6/c1-3-11-19(12-4-1)25(20-13-5-2-6-14-20)23-17-9-7-15-21(23)22-16-8-10-18-24(22)25;1-15(2,13-9-5-3-6-10-13)14-11-7-4-8-12-14;4*1-2/h1-18H;3-12H,1-2H3;4*1-2H3. The van der Waals surface area contributed by atoms with E-state index in [4.69, 9.17) is 0 Å². The van der Waals surface area contributed by atoms with Crippen molar-refractivity contribution in [3.8, 4) is 11.1 Å². The van der Waals surface area contributed by atoms with Gasteiger partial charge in [-0.25, -0.2) is 0 Å². The molecule has 48 heavy (non-hydrogen) atoms. The fourth-order valence-electron chi connectivity index (χ4n) is 6.28. The van der Waals surface area contributed by atoms with Crippen LogP contribution in [0.5, 0.6) is 0 Å². The van der Waals surface area contributed by atoms with E-state index in [0.29, 0.717) is 0 Å². The zero-order chi connectivity index (χ0) is 35.4. The summed E-state index contributed by atoms with van der Waals surface area (Å²) < 4.78 is 0. The molecule has 0 bridgehead atoms. The van der Waals surface area contributed by atoms with E-state index < -0.39 is 0 Å².